The first-order valence-electron chi connectivity index (χ1n) is 7.23. The average molecular weight is 411 g/mol. The minimum atomic E-state index is -1.13. The molecule has 5 nitrogen and oxygen atoms in total. The fourth-order valence-electron chi connectivity index (χ4n) is 2.10. The third kappa shape index (κ3) is 4.09. The van der Waals surface area contributed by atoms with Gasteiger partial charge in [-0.15, -0.1) is 11.3 Å². The van der Waals surface area contributed by atoms with Gasteiger partial charge >= 0.3 is 5.97 Å². The largest absolute Gasteiger partial charge is 0.495 e. The third-order valence-corrected chi connectivity index (χ3v) is 5.45. The predicted octanol–water partition coefficient (Wildman–Crippen LogP) is 5.43. The molecule has 0 aliphatic carbocycles. The molecule has 3 rings (SSSR count). The van der Waals surface area contributed by atoms with Crippen molar-refractivity contribution < 1.29 is 19.0 Å². The van der Waals surface area contributed by atoms with Gasteiger partial charge in [0.25, 0.3) is 0 Å². The molecule has 2 aromatic carbocycles. The zero-order chi connectivity index (χ0) is 18.7. The molecule has 0 amide bonds. The van der Waals surface area contributed by atoms with Crippen LogP contribution in [0.5, 0.6) is 5.75 Å². The quantitative estimate of drug-likeness (QED) is 0.528. The van der Waals surface area contributed by atoms with Crippen LogP contribution >= 0.6 is 34.9 Å². The van der Waals surface area contributed by atoms with Crippen molar-refractivity contribution in [3.63, 3.8) is 0 Å². The maximum Gasteiger partial charge on any atom is 0.337 e. The van der Waals surface area contributed by atoms with Crippen LogP contribution in [0.1, 0.15) is 10.4 Å². The number of methoxy groups -OCH3 is 1. The molecule has 0 bridgehead atoms. The molecule has 0 aliphatic rings. The van der Waals surface area contributed by atoms with Crippen LogP contribution in [-0.2, 0) is 0 Å². The summed E-state index contributed by atoms with van der Waals surface area (Å²) in [5, 5.41) is 12.5. The van der Waals surface area contributed by atoms with E-state index in [-0.39, 0.29) is 16.4 Å². The van der Waals surface area contributed by atoms with Gasteiger partial charge in [0.05, 0.1) is 23.4 Å². The summed E-state index contributed by atoms with van der Waals surface area (Å²) in [5.41, 5.74) is 1.32. The lowest BCUT2D eigenvalue weighted by molar-refractivity contribution is 0.0696. The highest BCUT2D eigenvalue weighted by atomic mass is 35.5. The minimum Gasteiger partial charge on any atom is -0.495 e. The van der Waals surface area contributed by atoms with Gasteiger partial charge in [0.15, 0.2) is 0 Å². The maximum atomic E-state index is 13.0. The van der Waals surface area contributed by atoms with Crippen LogP contribution in [0.2, 0.25) is 5.02 Å². The number of carboxylic acids is 1. The number of carbonyl (C=O) groups is 1. The molecule has 1 heterocycles. The molecule has 0 fully saturated rings. The van der Waals surface area contributed by atoms with E-state index in [1.165, 1.54) is 54.7 Å². The number of ether oxygens (including phenoxy) is 1. The number of nitrogens with one attached hydrogen (secondary N) is 1. The van der Waals surface area contributed by atoms with E-state index in [9.17, 15) is 9.18 Å². The van der Waals surface area contributed by atoms with Crippen molar-refractivity contribution in [2.75, 3.05) is 11.8 Å². The highest BCUT2D eigenvalue weighted by molar-refractivity contribution is 8.00. The summed E-state index contributed by atoms with van der Waals surface area (Å²) in [7, 11) is 1.44. The van der Waals surface area contributed by atoms with E-state index in [4.69, 9.17) is 21.4 Å². The van der Waals surface area contributed by atoms with Gasteiger partial charge in [-0.3, -0.25) is 0 Å². The summed E-state index contributed by atoms with van der Waals surface area (Å²) >= 11 is 8.67. The van der Waals surface area contributed by atoms with Crippen molar-refractivity contribution in [2.45, 2.75) is 5.03 Å². The summed E-state index contributed by atoms with van der Waals surface area (Å²) in [4.78, 5) is 15.6. The molecule has 26 heavy (non-hydrogen) atoms. The van der Waals surface area contributed by atoms with E-state index in [1.54, 1.807) is 12.1 Å². The lowest BCUT2D eigenvalue weighted by atomic mass is 10.2. The molecule has 134 valence electrons. The van der Waals surface area contributed by atoms with Crippen molar-refractivity contribution in [1.29, 1.82) is 0 Å². The second-order valence-corrected chi connectivity index (χ2v) is 7.13. The zero-order valence-corrected chi connectivity index (χ0v) is 15.7. The van der Waals surface area contributed by atoms with Gasteiger partial charge in [-0.05, 0) is 36.4 Å². The van der Waals surface area contributed by atoms with Crippen molar-refractivity contribution in [3.05, 3.63) is 58.2 Å². The number of halogens is 2. The Bertz CT molecular complexity index is 948. The van der Waals surface area contributed by atoms with E-state index in [0.29, 0.717) is 16.5 Å². The van der Waals surface area contributed by atoms with Crippen LogP contribution in [0, 0.1) is 5.82 Å². The minimum absolute atomic E-state index is 0.0358. The number of hydrogen-bond acceptors (Lipinski definition) is 6. The third-order valence-electron chi connectivity index (χ3n) is 3.36. The fourth-order valence-corrected chi connectivity index (χ4v) is 3.94. The second kappa shape index (κ2) is 7.94. The Morgan fingerprint density at radius 3 is 2.73 bits per heavy atom. The number of carboxylic acid groups (broad SMARTS) is 1. The summed E-state index contributed by atoms with van der Waals surface area (Å²) < 4.78 is 21.3. The molecule has 9 heteroatoms. The first-order valence-corrected chi connectivity index (χ1v) is 9.30. The molecule has 0 unspecified atom stereocenters. The molecule has 0 saturated carbocycles. The SMILES string of the molecule is COc1cc(C(=O)O)c(Cl)cc1NSc1csc(-c2ccc(F)cc2)n1. The molecule has 0 spiro atoms. The highest BCUT2D eigenvalue weighted by Gasteiger charge is 2.15. The van der Waals surface area contributed by atoms with Gasteiger partial charge in [-0.2, -0.15) is 0 Å². The summed E-state index contributed by atoms with van der Waals surface area (Å²) in [6, 6.07) is 8.97. The number of aromatic carboxylic acids is 1. The van der Waals surface area contributed by atoms with Gasteiger partial charge in [0, 0.05) is 22.9 Å². The fraction of sp³-hybridized carbons (Fsp3) is 0.0588. The van der Waals surface area contributed by atoms with E-state index in [1.807, 2.05) is 5.38 Å². The zero-order valence-electron chi connectivity index (χ0n) is 13.3. The molecule has 1 aromatic heterocycles. The van der Waals surface area contributed by atoms with E-state index in [2.05, 4.69) is 9.71 Å². The summed E-state index contributed by atoms with van der Waals surface area (Å²) in [6.45, 7) is 0. The summed E-state index contributed by atoms with van der Waals surface area (Å²) in [5.74, 6) is -1.07. The van der Waals surface area contributed by atoms with Crippen LogP contribution in [0.4, 0.5) is 10.1 Å². The monoisotopic (exact) mass is 410 g/mol. The Morgan fingerprint density at radius 1 is 1.35 bits per heavy atom. The molecule has 3 aromatic rings. The lowest BCUT2D eigenvalue weighted by Crippen LogP contribution is -2.00. The van der Waals surface area contributed by atoms with Crippen LogP contribution in [0.3, 0.4) is 0 Å². The number of thiazole rings is 1. The number of benzene rings is 2. The Kier molecular flexibility index (Phi) is 5.65. The van der Waals surface area contributed by atoms with Crippen LogP contribution in [0.15, 0.2) is 46.8 Å². The van der Waals surface area contributed by atoms with Crippen molar-refractivity contribution in [3.8, 4) is 16.3 Å². The molecular weight excluding hydrogens is 399 g/mol. The van der Waals surface area contributed by atoms with Gasteiger partial charge in [0.2, 0.25) is 0 Å². The van der Waals surface area contributed by atoms with Gasteiger partial charge in [-0.1, -0.05) is 11.6 Å². The van der Waals surface area contributed by atoms with Crippen LogP contribution < -0.4 is 9.46 Å². The number of rotatable bonds is 6. The van der Waals surface area contributed by atoms with E-state index < -0.39 is 5.97 Å². The van der Waals surface area contributed by atoms with Gasteiger partial charge in [-0.25, -0.2) is 14.2 Å². The Balaban J connectivity index is 1.76. The molecule has 0 atom stereocenters. The maximum absolute atomic E-state index is 13.0. The highest BCUT2D eigenvalue weighted by Crippen LogP contribution is 2.35. The van der Waals surface area contributed by atoms with Gasteiger partial charge < -0.3 is 14.6 Å². The molecule has 0 radical (unpaired) electrons. The number of hydrogen-bond donors (Lipinski definition) is 2. The molecule has 2 N–H and O–H groups in total. The Morgan fingerprint density at radius 2 is 2.08 bits per heavy atom. The first-order chi connectivity index (χ1) is 12.5. The van der Waals surface area contributed by atoms with Crippen molar-refractivity contribution >= 4 is 46.5 Å². The standard InChI is InChI=1S/C17H12ClFN2O3S2/c1-24-14-6-11(17(22)23)12(18)7-13(14)21-26-15-8-25-16(20-15)9-2-4-10(19)5-3-9/h2-8,21H,1H3,(H,22,23). The normalized spacial score (nSPS) is 10.6. The average Bonchev–Trinajstić information content (AvgIpc) is 3.09. The van der Waals surface area contributed by atoms with E-state index in [0.717, 1.165) is 10.6 Å². The number of aromatic nitrogens is 1. The van der Waals surface area contributed by atoms with Gasteiger partial charge in [0.1, 0.15) is 21.6 Å². The van der Waals surface area contributed by atoms with Crippen LogP contribution in [0.25, 0.3) is 10.6 Å². The molecule has 0 aliphatic heterocycles. The number of nitrogens with zero attached hydrogens (tertiary/aromatic N) is 1. The topological polar surface area (TPSA) is 71.5 Å². The summed E-state index contributed by atoms with van der Waals surface area (Å²) in [6.07, 6.45) is 0. The number of anilines is 1. The van der Waals surface area contributed by atoms with Crippen LogP contribution in [-0.4, -0.2) is 23.2 Å². The Hall–Kier alpha value is -2.29. The predicted molar refractivity (Wildman–Crippen MR) is 102 cm³/mol. The second-order valence-electron chi connectivity index (χ2n) is 5.04. The first kappa shape index (κ1) is 18.5. The van der Waals surface area contributed by atoms with E-state index >= 15 is 0 Å². The van der Waals surface area contributed by atoms with Crippen molar-refractivity contribution in [2.24, 2.45) is 0 Å². The lowest BCUT2D eigenvalue weighted by Gasteiger charge is -2.11. The Labute approximate surface area is 161 Å². The molecular formula is C17H12ClFN2O3S2. The smallest absolute Gasteiger partial charge is 0.337 e. The van der Waals surface area contributed by atoms with Crippen molar-refractivity contribution in [1.82, 2.24) is 4.98 Å². The molecule has 0 saturated heterocycles.